The van der Waals surface area contributed by atoms with Gasteiger partial charge in [-0.15, -0.1) is 0 Å². The molecule has 214 valence electrons. The number of carbonyl (C=O) groups excluding carboxylic acids is 2. The molecule has 0 radical (unpaired) electrons. The first kappa shape index (κ1) is 29.9. The molecular weight excluding hydrogens is 524 g/mol. The van der Waals surface area contributed by atoms with E-state index in [0.29, 0.717) is 34.7 Å². The highest BCUT2D eigenvalue weighted by atomic mass is 35.5. The summed E-state index contributed by atoms with van der Waals surface area (Å²) >= 11 is 6.23. The number of amides is 1. The zero-order valence-electron chi connectivity index (χ0n) is 24.1. The number of nitriles is 1. The number of nitrogens with zero attached hydrogens (tertiary/aromatic N) is 3. The number of carbonyl (C=O) groups is 2. The number of esters is 1. The Morgan fingerprint density at radius 2 is 1.70 bits per heavy atom. The second-order valence-corrected chi connectivity index (χ2v) is 12.5. The number of hydrogen-bond acceptors (Lipinski definition) is 6. The van der Waals surface area contributed by atoms with Crippen LogP contribution in [0.3, 0.4) is 0 Å². The minimum Gasteiger partial charge on any atom is -0.459 e. The SMILES string of the molecule is CN(c1ccc(C#N)c(Cl)c1)[C@H]1CC[C@H](NC(=O)c2ccc(C3CCN(CC(=O)OC(C)(C)C)CC3)cc2)CC1. The summed E-state index contributed by atoms with van der Waals surface area (Å²) in [6, 6.07) is 16.2. The molecule has 1 N–H and O–H groups in total. The zero-order valence-corrected chi connectivity index (χ0v) is 24.8. The van der Waals surface area contributed by atoms with E-state index in [1.54, 1.807) is 6.07 Å². The second-order valence-electron chi connectivity index (χ2n) is 12.1. The normalized spacial score (nSPS) is 20.4. The van der Waals surface area contributed by atoms with Gasteiger partial charge in [-0.25, -0.2) is 0 Å². The fraction of sp³-hybridized carbons (Fsp3) is 0.531. The van der Waals surface area contributed by atoms with E-state index in [9.17, 15) is 9.59 Å². The van der Waals surface area contributed by atoms with Crippen LogP contribution in [-0.4, -0.2) is 61.1 Å². The highest BCUT2D eigenvalue weighted by Crippen LogP contribution is 2.30. The predicted molar refractivity (Wildman–Crippen MR) is 159 cm³/mol. The number of nitrogens with one attached hydrogen (secondary N) is 1. The number of ether oxygens (including phenoxy) is 1. The van der Waals surface area contributed by atoms with Crippen molar-refractivity contribution in [2.24, 2.45) is 0 Å². The minimum absolute atomic E-state index is 0.0191. The van der Waals surface area contributed by atoms with Crippen molar-refractivity contribution in [3.05, 3.63) is 64.2 Å². The van der Waals surface area contributed by atoms with E-state index in [1.165, 1.54) is 5.56 Å². The van der Waals surface area contributed by atoms with Gasteiger partial charge in [0, 0.05) is 30.4 Å². The Balaban J connectivity index is 1.21. The molecular formula is C32H41ClN4O3. The fourth-order valence-electron chi connectivity index (χ4n) is 5.79. The van der Waals surface area contributed by atoms with Crippen molar-refractivity contribution < 1.29 is 14.3 Å². The minimum atomic E-state index is -0.456. The topological polar surface area (TPSA) is 85.7 Å². The molecule has 7 nitrogen and oxygen atoms in total. The highest BCUT2D eigenvalue weighted by Gasteiger charge is 2.27. The molecule has 1 aliphatic heterocycles. The van der Waals surface area contributed by atoms with Crippen LogP contribution in [0.5, 0.6) is 0 Å². The van der Waals surface area contributed by atoms with Gasteiger partial charge in [0.15, 0.2) is 0 Å². The second kappa shape index (κ2) is 13.1. The number of likely N-dealkylation sites (tertiary alicyclic amines) is 1. The Morgan fingerprint density at radius 3 is 2.27 bits per heavy atom. The van der Waals surface area contributed by atoms with E-state index >= 15 is 0 Å². The lowest BCUT2D eigenvalue weighted by atomic mass is 9.88. The largest absolute Gasteiger partial charge is 0.459 e. The Bertz CT molecular complexity index is 1220. The molecule has 1 amide bonds. The van der Waals surface area contributed by atoms with Crippen LogP contribution in [0.4, 0.5) is 5.69 Å². The highest BCUT2D eigenvalue weighted by molar-refractivity contribution is 6.32. The van der Waals surface area contributed by atoms with Crippen LogP contribution in [-0.2, 0) is 9.53 Å². The maximum absolute atomic E-state index is 13.0. The van der Waals surface area contributed by atoms with Gasteiger partial charge >= 0.3 is 5.97 Å². The summed E-state index contributed by atoms with van der Waals surface area (Å²) < 4.78 is 5.45. The van der Waals surface area contributed by atoms with Crippen LogP contribution in [0, 0.1) is 11.3 Å². The molecule has 4 rings (SSSR count). The number of hydrogen-bond donors (Lipinski definition) is 1. The van der Waals surface area contributed by atoms with E-state index in [-0.39, 0.29) is 17.9 Å². The first-order valence-corrected chi connectivity index (χ1v) is 14.7. The first-order valence-electron chi connectivity index (χ1n) is 14.3. The maximum Gasteiger partial charge on any atom is 0.320 e. The number of piperidine rings is 1. The molecule has 0 atom stereocenters. The summed E-state index contributed by atoms with van der Waals surface area (Å²) in [5, 5.41) is 12.8. The Kier molecular flexibility index (Phi) is 9.76. The van der Waals surface area contributed by atoms with Gasteiger partial charge in [-0.2, -0.15) is 5.26 Å². The van der Waals surface area contributed by atoms with Crippen LogP contribution >= 0.6 is 11.6 Å². The molecule has 2 aromatic carbocycles. The summed E-state index contributed by atoms with van der Waals surface area (Å²) in [6.45, 7) is 7.74. The summed E-state index contributed by atoms with van der Waals surface area (Å²) in [5.41, 5.74) is 2.98. The third-order valence-electron chi connectivity index (χ3n) is 8.06. The van der Waals surface area contributed by atoms with Crippen molar-refractivity contribution in [3.63, 3.8) is 0 Å². The molecule has 1 saturated carbocycles. The van der Waals surface area contributed by atoms with Gasteiger partial charge in [0.2, 0.25) is 0 Å². The summed E-state index contributed by atoms with van der Waals surface area (Å²) in [4.78, 5) is 29.5. The third-order valence-corrected chi connectivity index (χ3v) is 8.38. The lowest BCUT2D eigenvalue weighted by molar-refractivity contribution is -0.156. The van der Waals surface area contributed by atoms with Gasteiger partial charge in [-0.1, -0.05) is 23.7 Å². The standard InChI is InChI=1S/C32H41ClN4O3/c1-32(2,3)40-30(38)21-37-17-15-23(16-18-37)22-5-7-24(8-6-22)31(39)35-26-10-13-27(14-11-26)36(4)28-12-9-25(20-34)29(33)19-28/h5-9,12,19,23,26-27H,10-11,13-18,21H2,1-4H3,(H,35,39)/t26-,27-. The lowest BCUT2D eigenvalue weighted by Gasteiger charge is -2.36. The van der Waals surface area contributed by atoms with Gasteiger partial charge in [0.05, 0.1) is 17.1 Å². The zero-order chi connectivity index (χ0) is 28.9. The van der Waals surface area contributed by atoms with Crippen molar-refractivity contribution in [2.75, 3.05) is 31.6 Å². The van der Waals surface area contributed by atoms with Crippen molar-refractivity contribution >= 4 is 29.2 Å². The van der Waals surface area contributed by atoms with Crippen molar-refractivity contribution in [1.82, 2.24) is 10.2 Å². The Morgan fingerprint density at radius 1 is 1.05 bits per heavy atom. The van der Waals surface area contributed by atoms with E-state index in [4.69, 9.17) is 21.6 Å². The molecule has 0 aromatic heterocycles. The Labute approximate surface area is 243 Å². The summed E-state index contributed by atoms with van der Waals surface area (Å²) in [6.07, 6.45) is 5.77. The van der Waals surface area contributed by atoms with Crippen LogP contribution in [0.2, 0.25) is 5.02 Å². The Hall–Kier alpha value is -3.08. The van der Waals surface area contributed by atoms with Crippen molar-refractivity contribution in [1.29, 1.82) is 5.26 Å². The van der Waals surface area contributed by atoms with Crippen molar-refractivity contribution in [3.8, 4) is 6.07 Å². The molecule has 0 bridgehead atoms. The molecule has 1 heterocycles. The molecule has 2 fully saturated rings. The van der Waals surface area contributed by atoms with Gasteiger partial charge in [-0.05, 0) is 114 Å². The summed E-state index contributed by atoms with van der Waals surface area (Å²) in [7, 11) is 2.06. The number of anilines is 1. The van der Waals surface area contributed by atoms with Crippen molar-refractivity contribution in [2.45, 2.75) is 82.9 Å². The number of benzene rings is 2. The van der Waals surface area contributed by atoms with E-state index in [2.05, 4.69) is 40.4 Å². The van der Waals surface area contributed by atoms with E-state index in [0.717, 1.165) is 57.3 Å². The van der Waals surface area contributed by atoms with Gasteiger partial charge < -0.3 is 15.0 Å². The quantitative estimate of drug-likeness (QED) is 0.421. The number of rotatable bonds is 7. The van der Waals surface area contributed by atoms with Crippen LogP contribution < -0.4 is 10.2 Å². The van der Waals surface area contributed by atoms with Crippen LogP contribution in [0.1, 0.15) is 86.7 Å². The molecule has 8 heteroatoms. The van der Waals surface area contributed by atoms with E-state index < -0.39 is 5.60 Å². The molecule has 2 aliphatic rings. The number of halogens is 1. The van der Waals surface area contributed by atoms with Gasteiger partial charge in [0.1, 0.15) is 11.7 Å². The maximum atomic E-state index is 13.0. The van der Waals surface area contributed by atoms with Gasteiger partial charge in [-0.3, -0.25) is 14.5 Å². The third kappa shape index (κ3) is 7.99. The average molecular weight is 565 g/mol. The monoisotopic (exact) mass is 564 g/mol. The first-order chi connectivity index (χ1) is 19.0. The van der Waals surface area contributed by atoms with Crippen LogP contribution in [0.25, 0.3) is 0 Å². The molecule has 0 spiro atoms. The molecule has 1 aliphatic carbocycles. The molecule has 2 aromatic rings. The fourth-order valence-corrected chi connectivity index (χ4v) is 6.01. The summed E-state index contributed by atoms with van der Waals surface area (Å²) in [5.74, 6) is 0.248. The lowest BCUT2D eigenvalue weighted by Crippen LogP contribution is -2.43. The smallest absolute Gasteiger partial charge is 0.320 e. The molecule has 40 heavy (non-hydrogen) atoms. The van der Waals surface area contributed by atoms with E-state index in [1.807, 2.05) is 45.0 Å². The predicted octanol–water partition coefficient (Wildman–Crippen LogP) is 5.91. The molecule has 0 unspecified atom stereocenters. The molecule has 1 saturated heterocycles. The van der Waals surface area contributed by atoms with Gasteiger partial charge in [0.25, 0.3) is 5.91 Å². The van der Waals surface area contributed by atoms with Crippen LogP contribution in [0.15, 0.2) is 42.5 Å². The average Bonchev–Trinajstić information content (AvgIpc) is 2.92.